The first-order chi connectivity index (χ1) is 17.1. The van der Waals surface area contributed by atoms with Gasteiger partial charge in [-0.1, -0.05) is 42.5 Å². The molecular formula is C27H28N4O4. The maximum absolute atomic E-state index is 13.5. The quantitative estimate of drug-likeness (QED) is 0.549. The fourth-order valence-electron chi connectivity index (χ4n) is 4.56. The largest absolute Gasteiger partial charge is 0.497 e. The lowest BCUT2D eigenvalue weighted by Crippen LogP contribution is -2.51. The Labute approximate surface area is 204 Å². The zero-order chi connectivity index (χ0) is 24.2. The van der Waals surface area contributed by atoms with E-state index >= 15 is 0 Å². The molecule has 1 saturated heterocycles. The second-order valence-corrected chi connectivity index (χ2v) is 8.69. The molecule has 1 fully saturated rings. The minimum Gasteiger partial charge on any atom is -0.497 e. The number of hydrogen-bond acceptors (Lipinski definition) is 6. The minimum atomic E-state index is -0.176. The molecule has 8 heteroatoms. The third-order valence-electron chi connectivity index (χ3n) is 6.52. The molecule has 5 rings (SSSR count). The first-order valence-electron chi connectivity index (χ1n) is 11.8. The van der Waals surface area contributed by atoms with Crippen molar-refractivity contribution in [2.75, 3.05) is 39.8 Å². The Morgan fingerprint density at radius 1 is 0.971 bits per heavy atom. The highest BCUT2D eigenvalue weighted by Crippen LogP contribution is 2.33. The summed E-state index contributed by atoms with van der Waals surface area (Å²) in [7, 11) is 1.64. The van der Waals surface area contributed by atoms with Crippen LogP contribution in [0.15, 0.2) is 82.5 Å². The van der Waals surface area contributed by atoms with Gasteiger partial charge in [0.15, 0.2) is 5.76 Å². The van der Waals surface area contributed by atoms with Gasteiger partial charge >= 0.3 is 0 Å². The van der Waals surface area contributed by atoms with Crippen molar-refractivity contribution in [3.8, 4) is 5.75 Å². The van der Waals surface area contributed by atoms with E-state index in [0.29, 0.717) is 38.4 Å². The van der Waals surface area contributed by atoms with Crippen LogP contribution in [0.4, 0.5) is 0 Å². The zero-order valence-corrected chi connectivity index (χ0v) is 19.7. The number of carbonyl (C=O) groups excluding carboxylic acids is 2. The van der Waals surface area contributed by atoms with Crippen molar-refractivity contribution in [3.05, 3.63) is 89.9 Å². The van der Waals surface area contributed by atoms with Gasteiger partial charge in [-0.15, -0.1) is 0 Å². The van der Waals surface area contributed by atoms with Gasteiger partial charge in [0, 0.05) is 32.6 Å². The van der Waals surface area contributed by atoms with Gasteiger partial charge in [0.2, 0.25) is 0 Å². The molecule has 2 amide bonds. The van der Waals surface area contributed by atoms with Gasteiger partial charge in [-0.25, -0.2) is 5.01 Å². The molecule has 1 atom stereocenters. The number of hydrazone groups is 1. The van der Waals surface area contributed by atoms with Crippen molar-refractivity contribution in [1.29, 1.82) is 0 Å². The SMILES string of the molecule is COc1ccc([C@H]2CC(c3ccccc3)=NN2C(=O)CN2CCN(C(=O)c3ccco3)CC2)cc1. The highest BCUT2D eigenvalue weighted by molar-refractivity contribution is 6.03. The molecule has 2 aromatic carbocycles. The Kier molecular flexibility index (Phi) is 6.63. The van der Waals surface area contributed by atoms with Crippen LogP contribution >= 0.6 is 0 Å². The molecule has 1 aromatic heterocycles. The van der Waals surface area contributed by atoms with Crippen LogP contribution in [0.3, 0.4) is 0 Å². The molecule has 180 valence electrons. The summed E-state index contributed by atoms with van der Waals surface area (Å²) in [6.07, 6.45) is 2.15. The summed E-state index contributed by atoms with van der Waals surface area (Å²) in [6, 6.07) is 21.0. The highest BCUT2D eigenvalue weighted by Gasteiger charge is 2.34. The molecule has 0 radical (unpaired) electrons. The van der Waals surface area contributed by atoms with E-state index in [2.05, 4.69) is 4.90 Å². The highest BCUT2D eigenvalue weighted by atomic mass is 16.5. The van der Waals surface area contributed by atoms with Gasteiger partial charge in [-0.05, 0) is 35.4 Å². The van der Waals surface area contributed by atoms with E-state index in [0.717, 1.165) is 22.6 Å². The first kappa shape index (κ1) is 22.9. The molecule has 0 spiro atoms. The number of piperazine rings is 1. The monoisotopic (exact) mass is 472 g/mol. The number of benzene rings is 2. The molecule has 0 unspecified atom stereocenters. The van der Waals surface area contributed by atoms with Crippen molar-refractivity contribution in [1.82, 2.24) is 14.8 Å². The van der Waals surface area contributed by atoms with Crippen molar-refractivity contribution in [3.63, 3.8) is 0 Å². The van der Waals surface area contributed by atoms with Gasteiger partial charge in [-0.3, -0.25) is 14.5 Å². The Balaban J connectivity index is 1.28. The summed E-state index contributed by atoms with van der Waals surface area (Å²) in [5, 5.41) is 6.40. The molecule has 3 aromatic rings. The van der Waals surface area contributed by atoms with E-state index in [1.54, 1.807) is 29.2 Å². The number of furan rings is 1. The van der Waals surface area contributed by atoms with E-state index in [9.17, 15) is 9.59 Å². The first-order valence-corrected chi connectivity index (χ1v) is 11.8. The lowest BCUT2D eigenvalue weighted by Gasteiger charge is -2.34. The molecule has 0 saturated carbocycles. The van der Waals surface area contributed by atoms with Crippen LogP contribution in [0, 0.1) is 0 Å². The lowest BCUT2D eigenvalue weighted by atomic mass is 9.98. The molecule has 0 N–H and O–H groups in total. The number of methoxy groups -OCH3 is 1. The average Bonchev–Trinajstić information content (AvgIpc) is 3.60. The van der Waals surface area contributed by atoms with E-state index in [1.165, 1.54) is 6.26 Å². The van der Waals surface area contributed by atoms with E-state index in [-0.39, 0.29) is 24.4 Å². The number of carbonyl (C=O) groups is 2. The van der Waals surface area contributed by atoms with E-state index in [4.69, 9.17) is 14.3 Å². The average molecular weight is 473 g/mol. The van der Waals surface area contributed by atoms with Crippen molar-refractivity contribution in [2.24, 2.45) is 5.10 Å². The second-order valence-electron chi connectivity index (χ2n) is 8.69. The summed E-state index contributed by atoms with van der Waals surface area (Å²) in [4.78, 5) is 29.8. The molecule has 2 aliphatic rings. The van der Waals surface area contributed by atoms with Crippen LogP contribution in [-0.2, 0) is 4.79 Å². The van der Waals surface area contributed by atoms with Crippen LogP contribution in [-0.4, -0.2) is 72.2 Å². The Bertz CT molecular complexity index is 1180. The van der Waals surface area contributed by atoms with Gasteiger partial charge in [0.25, 0.3) is 11.8 Å². The summed E-state index contributed by atoms with van der Waals surface area (Å²) in [5.74, 6) is 0.951. The molecule has 0 bridgehead atoms. The zero-order valence-electron chi connectivity index (χ0n) is 19.7. The van der Waals surface area contributed by atoms with Crippen molar-refractivity contribution >= 4 is 17.5 Å². The van der Waals surface area contributed by atoms with Crippen LogP contribution in [0.5, 0.6) is 5.75 Å². The third-order valence-corrected chi connectivity index (χ3v) is 6.52. The van der Waals surface area contributed by atoms with Crippen LogP contribution < -0.4 is 4.74 Å². The summed E-state index contributed by atoms with van der Waals surface area (Å²) < 4.78 is 10.5. The fraction of sp³-hybridized carbons (Fsp3) is 0.296. The number of rotatable bonds is 6. The molecule has 0 aliphatic carbocycles. The standard InChI is InChI=1S/C27H28N4O4/c1-34-22-11-9-21(10-12-22)24-18-23(20-6-3-2-4-7-20)28-31(24)26(32)19-29-13-15-30(16-14-29)27(33)25-8-5-17-35-25/h2-12,17,24H,13-16,18-19H2,1H3/t24-/m1/s1. The molecule has 35 heavy (non-hydrogen) atoms. The summed E-state index contributed by atoms with van der Waals surface area (Å²) in [5.41, 5.74) is 2.93. The van der Waals surface area contributed by atoms with Crippen LogP contribution in [0.25, 0.3) is 0 Å². The normalized spacial score (nSPS) is 18.4. The fourth-order valence-corrected chi connectivity index (χ4v) is 4.56. The van der Waals surface area contributed by atoms with Crippen LogP contribution in [0.2, 0.25) is 0 Å². The lowest BCUT2D eigenvalue weighted by molar-refractivity contribution is -0.134. The maximum atomic E-state index is 13.5. The molecule has 3 heterocycles. The maximum Gasteiger partial charge on any atom is 0.289 e. The Morgan fingerprint density at radius 2 is 1.71 bits per heavy atom. The van der Waals surface area contributed by atoms with Crippen LogP contribution in [0.1, 0.15) is 34.1 Å². The predicted octanol–water partition coefficient (Wildman–Crippen LogP) is 3.42. The number of amides is 2. The molecule has 2 aliphatic heterocycles. The van der Waals surface area contributed by atoms with Crippen molar-refractivity contribution < 1.29 is 18.7 Å². The summed E-state index contributed by atoms with van der Waals surface area (Å²) in [6.45, 7) is 2.59. The van der Waals surface area contributed by atoms with Gasteiger partial charge < -0.3 is 14.1 Å². The summed E-state index contributed by atoms with van der Waals surface area (Å²) >= 11 is 0. The van der Waals surface area contributed by atoms with Gasteiger partial charge in [0.05, 0.1) is 31.7 Å². The van der Waals surface area contributed by atoms with Gasteiger partial charge in [0.1, 0.15) is 5.75 Å². The number of ether oxygens (including phenoxy) is 1. The van der Waals surface area contributed by atoms with Gasteiger partial charge in [-0.2, -0.15) is 5.10 Å². The topological polar surface area (TPSA) is 78.6 Å². The Morgan fingerprint density at radius 3 is 2.37 bits per heavy atom. The second kappa shape index (κ2) is 10.1. The van der Waals surface area contributed by atoms with E-state index in [1.807, 2.05) is 54.6 Å². The number of nitrogens with zero attached hydrogens (tertiary/aromatic N) is 4. The number of hydrogen-bond donors (Lipinski definition) is 0. The predicted molar refractivity (Wildman–Crippen MR) is 131 cm³/mol. The van der Waals surface area contributed by atoms with Crippen molar-refractivity contribution in [2.45, 2.75) is 12.5 Å². The smallest absolute Gasteiger partial charge is 0.289 e. The van der Waals surface area contributed by atoms with E-state index < -0.39 is 0 Å². The molecular weight excluding hydrogens is 444 g/mol. The Hall–Kier alpha value is -3.91. The third kappa shape index (κ3) is 4.97. The molecule has 8 nitrogen and oxygen atoms in total. The minimum absolute atomic E-state index is 0.0532.